The van der Waals surface area contributed by atoms with Crippen LogP contribution in [0.25, 0.3) is 0 Å². The third kappa shape index (κ3) is 3.36. The highest BCUT2D eigenvalue weighted by Crippen LogP contribution is 2.24. The van der Waals surface area contributed by atoms with Crippen LogP contribution in [-0.2, 0) is 9.36 Å². The van der Waals surface area contributed by atoms with Gasteiger partial charge < -0.3 is 20.3 Å². The Bertz CT molecular complexity index is 377. The second-order valence-electron chi connectivity index (χ2n) is 2.75. The van der Waals surface area contributed by atoms with Crippen molar-refractivity contribution in [2.24, 2.45) is 5.73 Å². The maximum Gasteiger partial charge on any atom is 0.365 e. The van der Waals surface area contributed by atoms with Crippen molar-refractivity contribution < 1.29 is 23.9 Å². The third-order valence-electron chi connectivity index (χ3n) is 1.71. The molecule has 1 aromatic carbocycles. The van der Waals surface area contributed by atoms with E-state index in [1.54, 1.807) is 0 Å². The largest absolute Gasteiger partial charge is 0.480 e. The first kappa shape index (κ1) is 11.7. The van der Waals surface area contributed by atoms with Crippen molar-refractivity contribution in [3.05, 3.63) is 29.8 Å². The summed E-state index contributed by atoms with van der Waals surface area (Å²) >= 11 is 0. The Labute approximate surface area is 86.2 Å². The van der Waals surface area contributed by atoms with Gasteiger partial charge in [0.2, 0.25) is 0 Å². The Hall–Kier alpha value is -1.36. The summed E-state index contributed by atoms with van der Waals surface area (Å²) in [4.78, 5) is 19.0. The SMILES string of the molecule is N[C@H](C(=O)O)c1ccc(O[PH](=O)O)cc1. The number of aliphatic carboxylic acids is 1. The lowest BCUT2D eigenvalue weighted by molar-refractivity contribution is -0.138. The van der Waals surface area contributed by atoms with E-state index in [1.165, 1.54) is 24.3 Å². The zero-order valence-corrected chi connectivity index (χ0v) is 8.58. The molecule has 0 bridgehead atoms. The summed E-state index contributed by atoms with van der Waals surface area (Å²) in [5, 5.41) is 8.61. The van der Waals surface area contributed by atoms with Crippen LogP contribution in [0.1, 0.15) is 11.6 Å². The van der Waals surface area contributed by atoms with Gasteiger partial charge in [-0.15, -0.1) is 0 Å². The van der Waals surface area contributed by atoms with Crippen LogP contribution in [0.15, 0.2) is 24.3 Å². The van der Waals surface area contributed by atoms with Crippen LogP contribution in [0.4, 0.5) is 0 Å². The van der Waals surface area contributed by atoms with Gasteiger partial charge in [0.05, 0.1) is 0 Å². The molecular formula is C8H10NO5P. The highest BCUT2D eigenvalue weighted by atomic mass is 31.1. The first-order valence-corrected chi connectivity index (χ1v) is 5.26. The van der Waals surface area contributed by atoms with Crippen molar-refractivity contribution in [2.75, 3.05) is 0 Å². The van der Waals surface area contributed by atoms with Gasteiger partial charge in [0.1, 0.15) is 11.8 Å². The minimum atomic E-state index is -3.03. The molecule has 2 atom stereocenters. The minimum Gasteiger partial charge on any atom is -0.480 e. The van der Waals surface area contributed by atoms with Gasteiger partial charge in [-0.2, -0.15) is 0 Å². The summed E-state index contributed by atoms with van der Waals surface area (Å²) in [7, 11) is -3.03. The van der Waals surface area contributed by atoms with E-state index in [9.17, 15) is 9.36 Å². The lowest BCUT2D eigenvalue weighted by Crippen LogP contribution is -2.20. The van der Waals surface area contributed by atoms with E-state index in [0.29, 0.717) is 5.56 Å². The molecule has 0 radical (unpaired) electrons. The summed E-state index contributed by atoms with van der Waals surface area (Å²) in [6.07, 6.45) is 0. The van der Waals surface area contributed by atoms with E-state index in [-0.39, 0.29) is 5.75 Å². The molecule has 7 heteroatoms. The molecule has 0 fully saturated rings. The molecule has 0 heterocycles. The molecule has 6 nitrogen and oxygen atoms in total. The Morgan fingerprint density at radius 1 is 1.40 bits per heavy atom. The summed E-state index contributed by atoms with van der Waals surface area (Å²) in [6.45, 7) is 0. The molecule has 0 aliphatic heterocycles. The first-order chi connectivity index (χ1) is 7.00. The van der Waals surface area contributed by atoms with Gasteiger partial charge in [-0.3, -0.25) is 4.79 Å². The molecule has 0 aromatic heterocycles. The Kier molecular flexibility index (Phi) is 3.85. The Morgan fingerprint density at radius 3 is 2.33 bits per heavy atom. The van der Waals surface area contributed by atoms with Gasteiger partial charge in [-0.05, 0) is 17.7 Å². The highest BCUT2D eigenvalue weighted by molar-refractivity contribution is 7.32. The summed E-state index contributed by atoms with van der Waals surface area (Å²) in [5.41, 5.74) is 5.74. The number of hydrogen-bond donors (Lipinski definition) is 3. The van der Waals surface area contributed by atoms with Crippen molar-refractivity contribution in [1.29, 1.82) is 0 Å². The number of rotatable bonds is 4. The van der Waals surface area contributed by atoms with Crippen LogP contribution < -0.4 is 10.3 Å². The van der Waals surface area contributed by atoms with E-state index < -0.39 is 20.3 Å². The van der Waals surface area contributed by atoms with Crippen LogP contribution in [-0.4, -0.2) is 16.0 Å². The fourth-order valence-corrected chi connectivity index (χ4v) is 1.32. The lowest BCUT2D eigenvalue weighted by Gasteiger charge is -2.07. The molecule has 0 amide bonds. The summed E-state index contributed by atoms with van der Waals surface area (Å²) in [6, 6.07) is 4.52. The van der Waals surface area contributed by atoms with Crippen molar-refractivity contribution in [1.82, 2.24) is 0 Å². The molecule has 0 aliphatic rings. The zero-order chi connectivity index (χ0) is 11.4. The van der Waals surface area contributed by atoms with Gasteiger partial charge in [0, 0.05) is 0 Å². The van der Waals surface area contributed by atoms with Gasteiger partial charge in [-0.25, -0.2) is 4.57 Å². The molecule has 15 heavy (non-hydrogen) atoms. The predicted molar refractivity (Wildman–Crippen MR) is 52.9 cm³/mol. The molecule has 82 valence electrons. The number of benzene rings is 1. The van der Waals surface area contributed by atoms with E-state index in [1.807, 2.05) is 0 Å². The zero-order valence-electron chi connectivity index (χ0n) is 7.58. The maximum absolute atomic E-state index is 10.5. The molecule has 0 spiro atoms. The third-order valence-corrected chi connectivity index (χ3v) is 2.12. The van der Waals surface area contributed by atoms with Gasteiger partial charge >= 0.3 is 14.2 Å². The Morgan fingerprint density at radius 2 is 1.93 bits per heavy atom. The smallest absolute Gasteiger partial charge is 0.365 e. The molecule has 4 N–H and O–H groups in total. The molecule has 1 rings (SSSR count). The Balaban J connectivity index is 2.80. The molecule has 0 saturated carbocycles. The van der Waals surface area contributed by atoms with Crippen LogP contribution in [0.2, 0.25) is 0 Å². The maximum atomic E-state index is 10.5. The highest BCUT2D eigenvalue weighted by Gasteiger charge is 2.13. The predicted octanol–water partition coefficient (Wildman–Crippen LogP) is 0.532. The van der Waals surface area contributed by atoms with Crippen LogP contribution in [0.5, 0.6) is 5.75 Å². The van der Waals surface area contributed by atoms with E-state index in [2.05, 4.69) is 4.52 Å². The number of carboxylic acid groups (broad SMARTS) is 1. The lowest BCUT2D eigenvalue weighted by atomic mass is 10.1. The summed E-state index contributed by atoms with van der Waals surface area (Å²) < 4.78 is 14.9. The van der Waals surface area contributed by atoms with Crippen molar-refractivity contribution >= 4 is 14.2 Å². The summed E-state index contributed by atoms with van der Waals surface area (Å²) in [5.74, 6) is -0.942. The number of nitrogens with two attached hydrogens (primary N) is 1. The first-order valence-electron chi connectivity index (χ1n) is 4.00. The van der Waals surface area contributed by atoms with Gasteiger partial charge in [-0.1, -0.05) is 12.1 Å². The molecule has 1 aromatic rings. The standard InChI is InChI=1S/C8H10NO5P/c9-7(8(10)11)5-1-3-6(4-2-5)14-15(12)13/h1-4,7,15H,9H2,(H,10,11)(H,12,13)/t7-/m0/s1. The van der Waals surface area contributed by atoms with Gasteiger partial charge in [0.15, 0.2) is 0 Å². The minimum absolute atomic E-state index is 0.197. The average Bonchev–Trinajstić information content (AvgIpc) is 2.17. The van der Waals surface area contributed by atoms with Gasteiger partial charge in [0.25, 0.3) is 0 Å². The molecular weight excluding hydrogens is 221 g/mol. The van der Waals surface area contributed by atoms with E-state index in [4.69, 9.17) is 15.7 Å². The molecule has 0 saturated heterocycles. The number of hydrogen-bond acceptors (Lipinski definition) is 4. The van der Waals surface area contributed by atoms with Crippen molar-refractivity contribution in [3.63, 3.8) is 0 Å². The average molecular weight is 231 g/mol. The fraction of sp³-hybridized carbons (Fsp3) is 0.125. The van der Waals surface area contributed by atoms with Crippen molar-refractivity contribution in [3.8, 4) is 5.75 Å². The van der Waals surface area contributed by atoms with Crippen LogP contribution >= 0.6 is 8.25 Å². The quantitative estimate of drug-likeness (QED) is 0.652. The topological polar surface area (TPSA) is 110 Å². The van der Waals surface area contributed by atoms with Crippen molar-refractivity contribution in [2.45, 2.75) is 6.04 Å². The fourth-order valence-electron chi connectivity index (χ4n) is 0.987. The van der Waals surface area contributed by atoms with Crippen LogP contribution in [0, 0.1) is 0 Å². The molecule has 0 aliphatic carbocycles. The normalized spacial score (nSPS) is 14.3. The van der Waals surface area contributed by atoms with Crippen LogP contribution in [0.3, 0.4) is 0 Å². The van der Waals surface area contributed by atoms with E-state index >= 15 is 0 Å². The van der Waals surface area contributed by atoms with E-state index in [0.717, 1.165) is 0 Å². The number of carbonyl (C=O) groups is 1. The second-order valence-corrected chi connectivity index (χ2v) is 3.49. The monoisotopic (exact) mass is 231 g/mol. The number of carboxylic acids is 1. The second kappa shape index (κ2) is 4.93. The molecule has 1 unspecified atom stereocenters.